The van der Waals surface area contributed by atoms with E-state index in [9.17, 15) is 0 Å². The van der Waals surface area contributed by atoms with Gasteiger partial charge in [-0.1, -0.05) is 30.7 Å². The second-order valence-electron chi connectivity index (χ2n) is 7.25. The minimum Gasteiger partial charge on any atom is -0.381 e. The number of guanidine groups is 1. The Morgan fingerprint density at radius 1 is 1.32 bits per heavy atom. The summed E-state index contributed by atoms with van der Waals surface area (Å²) in [5.74, 6) is 1.48. The van der Waals surface area contributed by atoms with Gasteiger partial charge in [-0.05, 0) is 49.3 Å². The zero-order chi connectivity index (χ0) is 17.0. The van der Waals surface area contributed by atoms with Crippen molar-refractivity contribution in [2.45, 2.75) is 38.0 Å². The molecule has 2 saturated heterocycles. The predicted octanol–water partition coefficient (Wildman–Crippen LogP) is 4.05. The molecular formula is C19H29ClIN3O. The van der Waals surface area contributed by atoms with Crippen LogP contribution in [0.4, 0.5) is 0 Å². The summed E-state index contributed by atoms with van der Waals surface area (Å²) in [6.45, 7) is 6.58. The molecule has 0 bridgehead atoms. The number of halogens is 2. The molecule has 1 aromatic carbocycles. The van der Waals surface area contributed by atoms with Crippen molar-refractivity contribution in [3.05, 3.63) is 34.9 Å². The number of piperidine rings is 1. The van der Waals surface area contributed by atoms with Gasteiger partial charge in [0.25, 0.3) is 0 Å². The summed E-state index contributed by atoms with van der Waals surface area (Å²) in [7, 11) is 0. The van der Waals surface area contributed by atoms with Crippen LogP contribution in [-0.2, 0) is 10.2 Å². The molecule has 0 aliphatic carbocycles. The normalized spacial score (nSPS) is 21.7. The van der Waals surface area contributed by atoms with Gasteiger partial charge in [0, 0.05) is 36.7 Å². The number of aliphatic imine (C=N–C) groups is 1. The zero-order valence-electron chi connectivity index (χ0n) is 14.9. The van der Waals surface area contributed by atoms with Gasteiger partial charge in [-0.2, -0.15) is 0 Å². The highest BCUT2D eigenvalue weighted by atomic mass is 127. The molecule has 2 N–H and O–H groups in total. The number of benzene rings is 1. The van der Waals surface area contributed by atoms with E-state index in [0.29, 0.717) is 12.5 Å². The molecule has 25 heavy (non-hydrogen) atoms. The Bertz CT molecular complexity index is 582. The van der Waals surface area contributed by atoms with Crippen LogP contribution >= 0.6 is 35.6 Å². The Labute approximate surface area is 173 Å². The summed E-state index contributed by atoms with van der Waals surface area (Å²) < 4.78 is 5.59. The van der Waals surface area contributed by atoms with Crippen molar-refractivity contribution in [2.75, 3.05) is 32.8 Å². The van der Waals surface area contributed by atoms with Gasteiger partial charge < -0.3 is 15.4 Å². The summed E-state index contributed by atoms with van der Waals surface area (Å²) in [6.07, 6.45) is 4.31. The molecule has 2 fully saturated rings. The van der Waals surface area contributed by atoms with Crippen LogP contribution in [0.15, 0.2) is 29.3 Å². The fraction of sp³-hybridized carbons (Fsp3) is 0.632. The van der Waals surface area contributed by atoms with Gasteiger partial charge >= 0.3 is 0 Å². The first-order valence-electron chi connectivity index (χ1n) is 8.98. The summed E-state index contributed by atoms with van der Waals surface area (Å²) >= 11 is 6.22. The SMILES string of the molecule is CC1CCN(C(N)=NCC2(c3cccc(Cl)c3)CCOCC2)CC1.I. The second-order valence-corrected chi connectivity index (χ2v) is 7.68. The van der Waals surface area contributed by atoms with E-state index in [0.717, 1.165) is 50.1 Å². The minimum atomic E-state index is -0.0170. The molecule has 2 aliphatic rings. The van der Waals surface area contributed by atoms with Crippen molar-refractivity contribution >= 4 is 41.5 Å². The van der Waals surface area contributed by atoms with Crippen LogP contribution in [0.5, 0.6) is 0 Å². The second kappa shape index (κ2) is 9.42. The molecule has 2 aliphatic heterocycles. The summed E-state index contributed by atoms with van der Waals surface area (Å²) in [5, 5.41) is 0.778. The quantitative estimate of drug-likeness (QED) is 0.406. The number of likely N-dealkylation sites (tertiary alicyclic amines) is 1. The molecule has 3 rings (SSSR count). The Hall–Kier alpha value is -0.530. The average molecular weight is 478 g/mol. The van der Waals surface area contributed by atoms with Crippen molar-refractivity contribution in [3.8, 4) is 0 Å². The van der Waals surface area contributed by atoms with Crippen molar-refractivity contribution in [1.29, 1.82) is 0 Å². The average Bonchev–Trinajstić information content (AvgIpc) is 2.61. The Morgan fingerprint density at radius 2 is 2.00 bits per heavy atom. The third kappa shape index (κ3) is 5.23. The molecule has 0 atom stereocenters. The fourth-order valence-corrected chi connectivity index (χ4v) is 3.88. The van der Waals surface area contributed by atoms with E-state index in [1.54, 1.807) is 0 Å². The minimum absolute atomic E-state index is 0. The molecule has 0 spiro atoms. The van der Waals surface area contributed by atoms with Crippen LogP contribution in [0.2, 0.25) is 5.02 Å². The Kier molecular flexibility index (Phi) is 7.83. The summed E-state index contributed by atoms with van der Waals surface area (Å²) in [5.41, 5.74) is 7.53. The van der Waals surface area contributed by atoms with E-state index in [1.807, 2.05) is 12.1 Å². The number of nitrogens with zero attached hydrogens (tertiary/aromatic N) is 2. The number of rotatable bonds is 3. The van der Waals surface area contributed by atoms with E-state index in [2.05, 4.69) is 24.0 Å². The molecule has 0 amide bonds. The molecule has 0 unspecified atom stereocenters. The maximum atomic E-state index is 6.30. The van der Waals surface area contributed by atoms with E-state index >= 15 is 0 Å². The van der Waals surface area contributed by atoms with E-state index in [1.165, 1.54) is 18.4 Å². The smallest absolute Gasteiger partial charge is 0.191 e. The van der Waals surface area contributed by atoms with Crippen molar-refractivity contribution in [3.63, 3.8) is 0 Å². The van der Waals surface area contributed by atoms with Gasteiger partial charge in [0.05, 0.1) is 6.54 Å². The standard InChI is InChI=1S/C19H28ClN3O.HI/c1-15-5-9-23(10-6-15)18(21)22-14-19(7-11-24-12-8-19)16-3-2-4-17(20)13-16;/h2-4,13,15H,5-12,14H2,1H3,(H2,21,22);1H. The monoisotopic (exact) mass is 477 g/mol. The zero-order valence-corrected chi connectivity index (χ0v) is 18.0. The van der Waals surface area contributed by atoms with E-state index < -0.39 is 0 Å². The lowest BCUT2D eigenvalue weighted by Gasteiger charge is -2.37. The van der Waals surface area contributed by atoms with Crippen LogP contribution in [0.25, 0.3) is 0 Å². The molecule has 6 heteroatoms. The maximum absolute atomic E-state index is 6.30. The van der Waals surface area contributed by atoms with Crippen molar-refractivity contribution in [1.82, 2.24) is 4.90 Å². The third-order valence-electron chi connectivity index (χ3n) is 5.54. The molecule has 140 valence electrons. The summed E-state index contributed by atoms with van der Waals surface area (Å²) in [6, 6.07) is 8.17. The molecule has 1 aromatic rings. The first kappa shape index (κ1) is 20.8. The molecular weight excluding hydrogens is 449 g/mol. The summed E-state index contributed by atoms with van der Waals surface area (Å²) in [4.78, 5) is 7.02. The van der Waals surface area contributed by atoms with Crippen molar-refractivity contribution < 1.29 is 4.74 Å². The Balaban J connectivity index is 0.00000225. The predicted molar refractivity (Wildman–Crippen MR) is 115 cm³/mol. The highest BCUT2D eigenvalue weighted by Crippen LogP contribution is 2.36. The molecule has 4 nitrogen and oxygen atoms in total. The largest absolute Gasteiger partial charge is 0.381 e. The third-order valence-corrected chi connectivity index (χ3v) is 5.77. The Morgan fingerprint density at radius 3 is 2.64 bits per heavy atom. The van der Waals surface area contributed by atoms with Crippen LogP contribution in [-0.4, -0.2) is 43.7 Å². The van der Waals surface area contributed by atoms with E-state index in [-0.39, 0.29) is 29.4 Å². The molecule has 2 heterocycles. The highest BCUT2D eigenvalue weighted by molar-refractivity contribution is 14.0. The van der Waals surface area contributed by atoms with E-state index in [4.69, 9.17) is 27.1 Å². The molecule has 0 saturated carbocycles. The van der Waals surface area contributed by atoms with Gasteiger partial charge in [-0.3, -0.25) is 4.99 Å². The lowest BCUT2D eigenvalue weighted by atomic mass is 9.74. The van der Waals surface area contributed by atoms with Gasteiger partial charge in [0.2, 0.25) is 0 Å². The first-order valence-corrected chi connectivity index (χ1v) is 9.35. The lowest BCUT2D eigenvalue weighted by molar-refractivity contribution is 0.0530. The van der Waals surface area contributed by atoms with Crippen LogP contribution < -0.4 is 5.73 Å². The number of hydrogen-bond acceptors (Lipinski definition) is 2. The van der Waals surface area contributed by atoms with Gasteiger partial charge in [0.15, 0.2) is 5.96 Å². The first-order chi connectivity index (χ1) is 11.6. The van der Waals surface area contributed by atoms with Gasteiger partial charge in [-0.25, -0.2) is 0 Å². The maximum Gasteiger partial charge on any atom is 0.191 e. The fourth-order valence-electron chi connectivity index (χ4n) is 3.69. The molecule has 0 aromatic heterocycles. The number of ether oxygens (including phenoxy) is 1. The topological polar surface area (TPSA) is 50.8 Å². The number of hydrogen-bond donors (Lipinski definition) is 1. The number of nitrogens with two attached hydrogens (primary N) is 1. The molecule has 0 radical (unpaired) electrons. The van der Waals surface area contributed by atoms with Crippen molar-refractivity contribution in [2.24, 2.45) is 16.6 Å². The van der Waals surface area contributed by atoms with Crippen LogP contribution in [0.3, 0.4) is 0 Å². The van der Waals surface area contributed by atoms with Gasteiger partial charge in [0.1, 0.15) is 0 Å². The van der Waals surface area contributed by atoms with Crippen LogP contribution in [0.1, 0.15) is 38.2 Å². The van der Waals surface area contributed by atoms with Crippen LogP contribution in [0, 0.1) is 5.92 Å². The lowest BCUT2D eigenvalue weighted by Crippen LogP contribution is -2.44. The van der Waals surface area contributed by atoms with Gasteiger partial charge in [-0.15, -0.1) is 24.0 Å². The highest BCUT2D eigenvalue weighted by Gasteiger charge is 2.34.